The highest BCUT2D eigenvalue weighted by Crippen LogP contribution is 2.30. The van der Waals surface area contributed by atoms with Crippen LogP contribution in [0, 0.1) is 5.92 Å². The molecular formula is C27H29Cl4N3O4. The van der Waals surface area contributed by atoms with Gasteiger partial charge in [0.05, 0.1) is 38.5 Å². The van der Waals surface area contributed by atoms with Crippen molar-refractivity contribution in [1.82, 2.24) is 15.1 Å². The van der Waals surface area contributed by atoms with E-state index >= 15 is 0 Å². The number of hydrogen-bond acceptors (Lipinski definition) is 5. The molecule has 2 heterocycles. The normalized spacial score (nSPS) is 20.3. The van der Waals surface area contributed by atoms with Crippen molar-refractivity contribution in [3.63, 3.8) is 0 Å². The summed E-state index contributed by atoms with van der Waals surface area (Å²) in [4.78, 5) is 43.0. The summed E-state index contributed by atoms with van der Waals surface area (Å²) in [5.74, 6) is -1.17. The lowest BCUT2D eigenvalue weighted by Crippen LogP contribution is -2.61. The Labute approximate surface area is 242 Å². The molecule has 3 atom stereocenters. The second-order valence-corrected chi connectivity index (χ2v) is 11.3. The summed E-state index contributed by atoms with van der Waals surface area (Å²) < 4.78 is 5.76. The first-order valence-electron chi connectivity index (χ1n) is 12.5. The molecule has 0 saturated carbocycles. The zero-order valence-corrected chi connectivity index (χ0v) is 23.9. The number of carbonyl (C=O) groups excluding carboxylic acids is 3. The molecule has 0 bridgehead atoms. The summed E-state index contributed by atoms with van der Waals surface area (Å²) in [5.41, 5.74) is 0.713. The number of nitrogens with zero attached hydrogens (tertiary/aromatic N) is 2. The van der Waals surface area contributed by atoms with Crippen molar-refractivity contribution in [3.8, 4) is 5.75 Å². The van der Waals surface area contributed by atoms with Gasteiger partial charge < -0.3 is 19.9 Å². The molecule has 11 heteroatoms. The summed E-state index contributed by atoms with van der Waals surface area (Å²) in [6, 6.07) is 9.23. The van der Waals surface area contributed by atoms with Crippen LogP contribution in [-0.2, 0) is 20.8 Å². The fourth-order valence-corrected chi connectivity index (χ4v) is 5.69. The minimum Gasteiger partial charge on any atom is -0.426 e. The van der Waals surface area contributed by atoms with Crippen LogP contribution in [0.1, 0.15) is 31.7 Å². The fourth-order valence-electron chi connectivity index (χ4n) is 5.08. The van der Waals surface area contributed by atoms with Crippen LogP contribution >= 0.6 is 46.4 Å². The van der Waals surface area contributed by atoms with E-state index < -0.39 is 17.9 Å². The molecule has 38 heavy (non-hydrogen) atoms. The van der Waals surface area contributed by atoms with Crippen LogP contribution in [-0.4, -0.2) is 65.8 Å². The van der Waals surface area contributed by atoms with Gasteiger partial charge in [-0.1, -0.05) is 52.5 Å². The second kappa shape index (κ2) is 12.9. The Hall–Kier alpha value is -2.03. The largest absolute Gasteiger partial charge is 0.426 e. The first kappa shape index (κ1) is 29.0. The standard InChI is InChI=1S/C27H29Cl4N3O4/c1-16(35)33-9-10-34(26(36)12-17-4-6-21(28)23(30)11-17)25(15-33)20(13-18-3-2-8-32-18)27(37)38-19-5-7-22(29)24(31)14-19/h4-7,11,14,18,20,25,32H,2-3,8-10,12-13,15H2,1H3. The topological polar surface area (TPSA) is 79.0 Å². The maximum Gasteiger partial charge on any atom is 0.316 e. The number of rotatable bonds is 7. The predicted molar refractivity (Wildman–Crippen MR) is 149 cm³/mol. The van der Waals surface area contributed by atoms with E-state index in [9.17, 15) is 14.4 Å². The van der Waals surface area contributed by atoms with Gasteiger partial charge in [-0.2, -0.15) is 0 Å². The Morgan fingerprint density at radius 3 is 2.34 bits per heavy atom. The van der Waals surface area contributed by atoms with E-state index in [-0.39, 0.29) is 41.6 Å². The first-order chi connectivity index (χ1) is 18.1. The molecule has 2 fully saturated rings. The molecule has 4 rings (SSSR count). The zero-order chi connectivity index (χ0) is 27.4. The number of amides is 2. The molecule has 3 unspecified atom stereocenters. The lowest BCUT2D eigenvalue weighted by atomic mass is 9.88. The van der Waals surface area contributed by atoms with Crippen molar-refractivity contribution < 1.29 is 19.1 Å². The summed E-state index contributed by atoms with van der Waals surface area (Å²) in [6.07, 6.45) is 2.47. The Morgan fingerprint density at radius 1 is 1.00 bits per heavy atom. The minimum atomic E-state index is -0.681. The lowest BCUT2D eigenvalue weighted by Gasteiger charge is -2.44. The summed E-state index contributed by atoms with van der Waals surface area (Å²) >= 11 is 24.4. The van der Waals surface area contributed by atoms with Crippen molar-refractivity contribution in [3.05, 3.63) is 62.1 Å². The maximum atomic E-state index is 13.7. The number of benzene rings is 2. The fraction of sp³-hybridized carbons (Fsp3) is 0.444. The SMILES string of the molecule is CC(=O)N1CCN(C(=O)Cc2ccc(Cl)c(Cl)c2)C(C(CC2CCCN2)C(=O)Oc2ccc(Cl)c(Cl)c2)C1. The first-order valence-corrected chi connectivity index (χ1v) is 14.0. The van der Waals surface area contributed by atoms with Crippen molar-refractivity contribution in [2.24, 2.45) is 5.92 Å². The van der Waals surface area contributed by atoms with E-state index in [2.05, 4.69) is 5.32 Å². The van der Waals surface area contributed by atoms with E-state index in [1.807, 2.05) is 0 Å². The maximum absolute atomic E-state index is 13.7. The number of carbonyl (C=O) groups is 3. The molecule has 2 aliphatic rings. The molecule has 2 amide bonds. The third-order valence-corrected chi connectivity index (χ3v) is 8.58. The summed E-state index contributed by atoms with van der Waals surface area (Å²) in [7, 11) is 0. The van der Waals surface area contributed by atoms with Gasteiger partial charge in [0.2, 0.25) is 11.8 Å². The van der Waals surface area contributed by atoms with Gasteiger partial charge in [-0.05, 0) is 55.6 Å². The molecule has 204 valence electrons. The zero-order valence-electron chi connectivity index (χ0n) is 20.9. The van der Waals surface area contributed by atoms with Crippen LogP contribution in [0.3, 0.4) is 0 Å². The third kappa shape index (κ3) is 7.13. The quantitative estimate of drug-likeness (QED) is 0.346. The van der Waals surface area contributed by atoms with Crippen molar-refractivity contribution >= 4 is 64.2 Å². The van der Waals surface area contributed by atoms with E-state index in [0.717, 1.165) is 19.4 Å². The number of piperazine rings is 1. The molecule has 2 aromatic rings. The molecule has 0 aromatic heterocycles. The Kier molecular flexibility index (Phi) is 9.82. The predicted octanol–water partition coefficient (Wildman–Crippen LogP) is 5.27. The average Bonchev–Trinajstić information content (AvgIpc) is 3.40. The van der Waals surface area contributed by atoms with Gasteiger partial charge in [-0.15, -0.1) is 0 Å². The smallest absolute Gasteiger partial charge is 0.316 e. The number of esters is 1. The van der Waals surface area contributed by atoms with Crippen LogP contribution in [0.25, 0.3) is 0 Å². The number of hydrogen-bond donors (Lipinski definition) is 1. The molecule has 1 N–H and O–H groups in total. The lowest BCUT2D eigenvalue weighted by molar-refractivity contribution is -0.151. The molecule has 2 aromatic carbocycles. The molecule has 0 radical (unpaired) electrons. The van der Waals surface area contributed by atoms with Crippen LogP contribution < -0.4 is 10.1 Å². The van der Waals surface area contributed by atoms with E-state index in [4.69, 9.17) is 51.1 Å². The molecule has 2 aliphatic heterocycles. The molecule has 2 saturated heterocycles. The van der Waals surface area contributed by atoms with Gasteiger partial charge in [0.25, 0.3) is 0 Å². The van der Waals surface area contributed by atoms with Gasteiger partial charge in [0.15, 0.2) is 0 Å². The van der Waals surface area contributed by atoms with Crippen molar-refractivity contribution in [2.75, 3.05) is 26.2 Å². The highest BCUT2D eigenvalue weighted by Gasteiger charge is 2.42. The van der Waals surface area contributed by atoms with Gasteiger partial charge in [-0.25, -0.2) is 0 Å². The third-order valence-electron chi connectivity index (χ3n) is 7.10. The van der Waals surface area contributed by atoms with Gasteiger partial charge >= 0.3 is 5.97 Å². The van der Waals surface area contributed by atoms with Crippen molar-refractivity contribution in [2.45, 2.75) is 44.7 Å². The van der Waals surface area contributed by atoms with Gasteiger partial charge in [-0.3, -0.25) is 14.4 Å². The highest BCUT2D eigenvalue weighted by atomic mass is 35.5. The molecule has 7 nitrogen and oxygen atoms in total. The number of nitrogens with one attached hydrogen (secondary N) is 1. The molecular weight excluding hydrogens is 572 g/mol. The van der Waals surface area contributed by atoms with Crippen molar-refractivity contribution in [1.29, 1.82) is 0 Å². The van der Waals surface area contributed by atoms with E-state index in [1.54, 1.807) is 40.1 Å². The van der Waals surface area contributed by atoms with Gasteiger partial charge in [0, 0.05) is 38.7 Å². The monoisotopic (exact) mass is 599 g/mol. The Morgan fingerprint density at radius 2 is 1.71 bits per heavy atom. The average molecular weight is 601 g/mol. The van der Waals surface area contributed by atoms with Crippen LogP contribution in [0.2, 0.25) is 20.1 Å². The second-order valence-electron chi connectivity index (χ2n) is 9.68. The Balaban J connectivity index is 1.62. The van der Waals surface area contributed by atoms with Crippen LogP contribution in [0.15, 0.2) is 36.4 Å². The van der Waals surface area contributed by atoms with Gasteiger partial charge in [0.1, 0.15) is 5.75 Å². The number of halogens is 4. The molecule has 0 aliphatic carbocycles. The number of ether oxygens (including phenoxy) is 1. The van der Waals surface area contributed by atoms with E-state index in [1.165, 1.54) is 13.0 Å². The minimum absolute atomic E-state index is 0.0870. The van der Waals surface area contributed by atoms with E-state index in [0.29, 0.717) is 40.1 Å². The highest BCUT2D eigenvalue weighted by molar-refractivity contribution is 6.42. The summed E-state index contributed by atoms with van der Waals surface area (Å²) in [5, 5.41) is 4.82. The summed E-state index contributed by atoms with van der Waals surface area (Å²) in [6.45, 7) is 3.28. The Bertz CT molecular complexity index is 1200. The van der Waals surface area contributed by atoms with Crippen LogP contribution in [0.4, 0.5) is 0 Å². The molecule has 0 spiro atoms. The van der Waals surface area contributed by atoms with Crippen LogP contribution in [0.5, 0.6) is 5.75 Å².